The molecule has 0 fully saturated rings. The van der Waals surface area contributed by atoms with Gasteiger partial charge in [-0.25, -0.2) is 4.79 Å². The summed E-state index contributed by atoms with van der Waals surface area (Å²) in [6.45, 7) is 4.30. The van der Waals surface area contributed by atoms with Gasteiger partial charge in [-0.05, 0) is 48.7 Å². The first kappa shape index (κ1) is 22.8. The maximum Gasteiger partial charge on any atom is 0.338 e. The van der Waals surface area contributed by atoms with Crippen molar-refractivity contribution in [3.05, 3.63) is 52.0 Å². The van der Waals surface area contributed by atoms with Crippen LogP contribution in [-0.2, 0) is 9.53 Å². The van der Waals surface area contributed by atoms with E-state index < -0.39 is 18.5 Å². The Morgan fingerprint density at radius 1 is 1.07 bits per heavy atom. The molecule has 0 aliphatic rings. The van der Waals surface area contributed by atoms with Gasteiger partial charge < -0.3 is 19.5 Å². The molecule has 8 heteroatoms. The second-order valence-electron chi connectivity index (χ2n) is 6.65. The molecule has 0 heterocycles. The van der Waals surface area contributed by atoms with Crippen LogP contribution in [0.4, 0.5) is 5.69 Å². The van der Waals surface area contributed by atoms with Crippen molar-refractivity contribution in [3.63, 3.8) is 0 Å². The summed E-state index contributed by atoms with van der Waals surface area (Å²) in [5, 5.41) is 3.29. The standard InChI is InChI=1S/C21H23Cl2NO5/c1-13(2)8-9-28-18-7-4-14(10-19(18)27-3)21(26)29-12-20(25)24-17-6-5-15(22)11-16(17)23/h4-7,10-11,13H,8-9,12H2,1-3H3,(H,24,25). The molecule has 0 aliphatic carbocycles. The van der Waals surface area contributed by atoms with Crippen LogP contribution in [0.5, 0.6) is 11.5 Å². The van der Waals surface area contributed by atoms with Crippen molar-refractivity contribution in [2.75, 3.05) is 25.6 Å². The van der Waals surface area contributed by atoms with Gasteiger partial charge in [0.05, 0.1) is 30.0 Å². The SMILES string of the molecule is COc1cc(C(=O)OCC(=O)Nc2ccc(Cl)cc2Cl)ccc1OCCC(C)C. The van der Waals surface area contributed by atoms with Crippen molar-refractivity contribution in [3.8, 4) is 11.5 Å². The first-order valence-corrected chi connectivity index (χ1v) is 9.78. The van der Waals surface area contributed by atoms with Crippen LogP contribution in [0.1, 0.15) is 30.6 Å². The zero-order valence-electron chi connectivity index (χ0n) is 16.5. The molecule has 0 atom stereocenters. The van der Waals surface area contributed by atoms with Gasteiger partial charge >= 0.3 is 5.97 Å². The minimum atomic E-state index is -0.658. The van der Waals surface area contributed by atoms with Crippen LogP contribution in [0.25, 0.3) is 0 Å². The number of hydrogen-bond donors (Lipinski definition) is 1. The van der Waals surface area contributed by atoms with E-state index in [1.54, 1.807) is 24.3 Å². The molecular formula is C21H23Cl2NO5. The lowest BCUT2D eigenvalue weighted by atomic mass is 10.1. The lowest BCUT2D eigenvalue weighted by molar-refractivity contribution is -0.119. The molecule has 6 nitrogen and oxygen atoms in total. The van der Waals surface area contributed by atoms with Crippen LogP contribution in [-0.4, -0.2) is 32.2 Å². The number of carbonyl (C=O) groups is 2. The van der Waals surface area contributed by atoms with Gasteiger partial charge in [0.25, 0.3) is 5.91 Å². The second kappa shape index (κ2) is 10.9. The van der Waals surface area contributed by atoms with Crippen molar-refractivity contribution in [2.45, 2.75) is 20.3 Å². The summed E-state index contributed by atoms with van der Waals surface area (Å²) < 4.78 is 16.0. The Morgan fingerprint density at radius 3 is 2.48 bits per heavy atom. The summed E-state index contributed by atoms with van der Waals surface area (Å²) in [4.78, 5) is 24.3. The molecule has 0 bridgehead atoms. The highest BCUT2D eigenvalue weighted by molar-refractivity contribution is 6.36. The largest absolute Gasteiger partial charge is 0.493 e. The van der Waals surface area contributed by atoms with Gasteiger partial charge in [0.2, 0.25) is 0 Å². The predicted octanol–water partition coefficient (Wildman–Crippen LogP) is 5.22. The number of benzene rings is 2. The van der Waals surface area contributed by atoms with Gasteiger partial charge in [-0.2, -0.15) is 0 Å². The normalized spacial score (nSPS) is 10.6. The molecule has 0 saturated heterocycles. The summed E-state index contributed by atoms with van der Waals surface area (Å²) in [6.07, 6.45) is 0.902. The third-order valence-electron chi connectivity index (χ3n) is 3.89. The maximum absolute atomic E-state index is 12.3. The molecule has 2 rings (SSSR count). The van der Waals surface area contributed by atoms with Gasteiger partial charge in [0.1, 0.15) is 0 Å². The molecule has 0 radical (unpaired) electrons. The fourth-order valence-electron chi connectivity index (χ4n) is 2.31. The van der Waals surface area contributed by atoms with Gasteiger partial charge in [-0.1, -0.05) is 37.0 Å². The minimum absolute atomic E-state index is 0.246. The summed E-state index contributed by atoms with van der Waals surface area (Å²) >= 11 is 11.8. The number of carbonyl (C=O) groups excluding carboxylic acids is 2. The first-order chi connectivity index (χ1) is 13.8. The van der Waals surface area contributed by atoms with Crippen molar-refractivity contribution in [1.82, 2.24) is 0 Å². The summed E-state index contributed by atoms with van der Waals surface area (Å²) in [6, 6.07) is 9.37. The Bertz CT molecular complexity index is 870. The Morgan fingerprint density at radius 2 is 1.83 bits per heavy atom. The molecule has 1 N–H and O–H groups in total. The van der Waals surface area contributed by atoms with Gasteiger partial charge in [0.15, 0.2) is 18.1 Å². The number of methoxy groups -OCH3 is 1. The molecular weight excluding hydrogens is 417 g/mol. The highest BCUT2D eigenvalue weighted by atomic mass is 35.5. The predicted molar refractivity (Wildman–Crippen MR) is 113 cm³/mol. The fraction of sp³-hybridized carbons (Fsp3) is 0.333. The van der Waals surface area contributed by atoms with Crippen LogP contribution in [0.2, 0.25) is 10.0 Å². The highest BCUT2D eigenvalue weighted by Gasteiger charge is 2.15. The van der Waals surface area contributed by atoms with Crippen LogP contribution in [0.3, 0.4) is 0 Å². The molecule has 156 valence electrons. The Labute approximate surface area is 180 Å². The zero-order valence-corrected chi connectivity index (χ0v) is 18.0. The van der Waals surface area contributed by atoms with Gasteiger partial charge in [-0.15, -0.1) is 0 Å². The van der Waals surface area contributed by atoms with E-state index in [9.17, 15) is 9.59 Å². The number of esters is 1. The average molecular weight is 440 g/mol. The van der Waals surface area contributed by atoms with E-state index in [1.165, 1.54) is 19.2 Å². The molecule has 0 saturated carbocycles. The zero-order chi connectivity index (χ0) is 21.4. The van der Waals surface area contributed by atoms with Crippen LogP contribution in [0.15, 0.2) is 36.4 Å². The third-order valence-corrected chi connectivity index (χ3v) is 4.44. The van der Waals surface area contributed by atoms with E-state index >= 15 is 0 Å². The van der Waals surface area contributed by atoms with E-state index in [0.29, 0.717) is 34.7 Å². The fourth-order valence-corrected chi connectivity index (χ4v) is 2.77. The van der Waals surface area contributed by atoms with E-state index in [2.05, 4.69) is 19.2 Å². The molecule has 0 unspecified atom stereocenters. The lowest BCUT2D eigenvalue weighted by Gasteiger charge is -2.13. The monoisotopic (exact) mass is 439 g/mol. The Balaban J connectivity index is 1.93. The molecule has 29 heavy (non-hydrogen) atoms. The number of hydrogen-bond acceptors (Lipinski definition) is 5. The lowest BCUT2D eigenvalue weighted by Crippen LogP contribution is -2.21. The number of halogens is 2. The average Bonchev–Trinajstić information content (AvgIpc) is 2.68. The quantitative estimate of drug-likeness (QED) is 0.541. The minimum Gasteiger partial charge on any atom is -0.493 e. The van der Waals surface area contributed by atoms with E-state index in [-0.39, 0.29) is 10.6 Å². The van der Waals surface area contributed by atoms with E-state index in [1.807, 2.05) is 0 Å². The Hall–Kier alpha value is -2.44. The van der Waals surface area contributed by atoms with E-state index in [0.717, 1.165) is 6.42 Å². The molecule has 1 amide bonds. The Kier molecular flexibility index (Phi) is 8.61. The topological polar surface area (TPSA) is 73.9 Å². The maximum atomic E-state index is 12.3. The first-order valence-electron chi connectivity index (χ1n) is 9.03. The second-order valence-corrected chi connectivity index (χ2v) is 7.49. The third kappa shape index (κ3) is 7.15. The number of ether oxygens (including phenoxy) is 3. The van der Waals surface area contributed by atoms with Crippen molar-refractivity contribution in [2.24, 2.45) is 5.92 Å². The van der Waals surface area contributed by atoms with Crippen molar-refractivity contribution >= 4 is 40.8 Å². The smallest absolute Gasteiger partial charge is 0.338 e. The molecule has 0 aromatic heterocycles. The number of rotatable bonds is 9. The van der Waals surface area contributed by atoms with Crippen molar-refractivity contribution < 1.29 is 23.8 Å². The summed E-state index contributed by atoms with van der Waals surface area (Å²) in [5.74, 6) is 0.294. The van der Waals surface area contributed by atoms with Crippen molar-refractivity contribution in [1.29, 1.82) is 0 Å². The van der Waals surface area contributed by atoms with Crippen LogP contribution in [0, 0.1) is 5.92 Å². The summed E-state index contributed by atoms with van der Waals surface area (Å²) in [7, 11) is 1.49. The van der Waals surface area contributed by atoms with E-state index in [4.69, 9.17) is 37.4 Å². The number of amides is 1. The molecule has 2 aromatic rings. The van der Waals surface area contributed by atoms with Crippen LogP contribution < -0.4 is 14.8 Å². The molecule has 2 aromatic carbocycles. The highest BCUT2D eigenvalue weighted by Crippen LogP contribution is 2.29. The molecule has 0 spiro atoms. The van der Waals surface area contributed by atoms with Gasteiger partial charge in [0, 0.05) is 5.02 Å². The summed E-state index contributed by atoms with van der Waals surface area (Å²) in [5.41, 5.74) is 0.622. The number of anilines is 1. The number of nitrogens with one attached hydrogen (secondary N) is 1. The molecule has 0 aliphatic heterocycles. The van der Waals surface area contributed by atoms with Gasteiger partial charge in [-0.3, -0.25) is 4.79 Å². The van der Waals surface area contributed by atoms with Crippen LogP contribution >= 0.6 is 23.2 Å².